The number of amides is 1. The Morgan fingerprint density at radius 2 is 1.83 bits per heavy atom. The van der Waals surface area contributed by atoms with Crippen molar-refractivity contribution in [2.75, 3.05) is 35.8 Å². The smallest absolute Gasteiger partial charge is 0.263 e. The summed E-state index contributed by atoms with van der Waals surface area (Å²) in [5.74, 6) is -0.280. The molecule has 1 aliphatic heterocycles. The van der Waals surface area contributed by atoms with Crippen LogP contribution in [0.25, 0.3) is 10.9 Å². The number of para-hydroxylation sites is 1. The van der Waals surface area contributed by atoms with E-state index >= 15 is 0 Å². The molecule has 0 aliphatic carbocycles. The van der Waals surface area contributed by atoms with Gasteiger partial charge in [-0.3, -0.25) is 9.52 Å². The minimum atomic E-state index is -3.70. The molecule has 3 heterocycles. The van der Waals surface area contributed by atoms with Crippen LogP contribution in [0.4, 0.5) is 10.8 Å². The summed E-state index contributed by atoms with van der Waals surface area (Å²) < 4.78 is 29.4. The molecule has 5 rings (SSSR count). The molecule has 1 atom stereocenters. The first kappa shape index (κ1) is 23.3. The molecule has 2 N–H and O–H groups in total. The van der Waals surface area contributed by atoms with Gasteiger partial charge in [0.25, 0.3) is 15.9 Å². The van der Waals surface area contributed by atoms with Crippen molar-refractivity contribution in [3.05, 3.63) is 72.4 Å². The number of aliphatic hydroxyl groups is 1. The van der Waals surface area contributed by atoms with Crippen LogP contribution in [0.2, 0.25) is 0 Å². The highest BCUT2D eigenvalue weighted by atomic mass is 32.2. The van der Waals surface area contributed by atoms with Crippen LogP contribution in [0.5, 0.6) is 0 Å². The molecule has 2 aromatic carbocycles. The zero-order valence-corrected chi connectivity index (χ0v) is 20.5. The van der Waals surface area contributed by atoms with Crippen LogP contribution in [0, 0.1) is 0 Å². The zero-order valence-electron chi connectivity index (χ0n) is 18.8. The van der Waals surface area contributed by atoms with Crippen LogP contribution >= 0.6 is 11.3 Å². The highest BCUT2D eigenvalue weighted by molar-refractivity contribution is 7.93. The molecule has 4 aromatic rings. The van der Waals surface area contributed by atoms with Crippen molar-refractivity contribution in [1.82, 2.24) is 14.5 Å². The number of benzene rings is 2. The largest absolute Gasteiger partial charge is 0.381 e. The van der Waals surface area contributed by atoms with E-state index in [2.05, 4.69) is 14.6 Å². The average molecular weight is 516 g/mol. The molecule has 0 bridgehead atoms. The molecule has 186 valence electrons. The Kier molecular flexibility index (Phi) is 6.46. The first-order chi connectivity index (χ1) is 16.9. The van der Waals surface area contributed by atoms with Gasteiger partial charge in [-0.15, -0.1) is 11.3 Å². The van der Waals surface area contributed by atoms with Gasteiger partial charge < -0.3 is 19.5 Å². The topological polar surface area (TPSA) is 108 Å². The minimum Gasteiger partial charge on any atom is -0.381 e. The minimum absolute atomic E-state index is 0. The number of thiazole rings is 1. The lowest BCUT2D eigenvalue weighted by atomic mass is 10.2. The van der Waals surface area contributed by atoms with Gasteiger partial charge in [-0.1, -0.05) is 18.2 Å². The number of aromatic nitrogens is 2. The second-order valence-corrected chi connectivity index (χ2v) is 10.9. The number of piperazine rings is 1. The molecule has 1 amide bonds. The number of nitrogens with zero attached hydrogens (tertiary/aromatic N) is 4. The number of rotatable bonds is 7. The Balaban J connectivity index is 0.00000190. The molecular formula is C24H29N5O4S2. The fraction of sp³-hybridized carbons (Fsp3) is 0.250. The van der Waals surface area contributed by atoms with Gasteiger partial charge in [0.1, 0.15) is 0 Å². The number of sulfonamides is 1. The molecule has 1 fully saturated rings. The first-order valence-electron chi connectivity index (χ1n) is 11.2. The number of aliphatic hydroxyl groups excluding tert-OH is 1. The Hall–Kier alpha value is -3.41. The van der Waals surface area contributed by atoms with E-state index < -0.39 is 16.1 Å². The highest BCUT2D eigenvalue weighted by Crippen LogP contribution is 2.23. The average Bonchev–Trinajstić information content (AvgIpc) is 3.53. The second kappa shape index (κ2) is 9.68. The lowest BCUT2D eigenvalue weighted by Gasteiger charge is -2.37. The van der Waals surface area contributed by atoms with Crippen molar-refractivity contribution >= 4 is 49.0 Å². The van der Waals surface area contributed by atoms with E-state index in [1.165, 1.54) is 17.5 Å². The monoisotopic (exact) mass is 515 g/mol. The van der Waals surface area contributed by atoms with Crippen LogP contribution in [0.15, 0.2) is 77.3 Å². The van der Waals surface area contributed by atoms with E-state index in [1.807, 2.05) is 41.1 Å². The van der Waals surface area contributed by atoms with Gasteiger partial charge in [0.05, 0.1) is 11.4 Å². The SMILES string of the molecule is O=C([C@@H](O)Cn1ccc2ccccc21)N1CCN(c2ccc(S(=O)(=O)Nc3nccs3)cc2)CC1.[HH].[HH]. The molecule has 0 radical (unpaired) electrons. The lowest BCUT2D eigenvalue weighted by molar-refractivity contribution is -0.141. The summed E-state index contributed by atoms with van der Waals surface area (Å²) in [6.45, 7) is 2.35. The molecule has 11 heteroatoms. The number of hydrogen-bond donors (Lipinski definition) is 2. The summed E-state index contributed by atoms with van der Waals surface area (Å²) in [5, 5.41) is 13.7. The lowest BCUT2D eigenvalue weighted by Crippen LogP contribution is -2.52. The third-order valence-corrected chi connectivity index (χ3v) is 8.27. The van der Waals surface area contributed by atoms with Gasteiger partial charge in [-0.05, 0) is 41.8 Å². The Morgan fingerprint density at radius 3 is 2.54 bits per heavy atom. The molecule has 1 aliphatic rings. The van der Waals surface area contributed by atoms with Crippen molar-refractivity contribution in [1.29, 1.82) is 0 Å². The Morgan fingerprint density at radius 1 is 1.09 bits per heavy atom. The van der Waals surface area contributed by atoms with Crippen molar-refractivity contribution in [2.24, 2.45) is 0 Å². The van der Waals surface area contributed by atoms with Crippen molar-refractivity contribution in [3.63, 3.8) is 0 Å². The predicted octanol–water partition coefficient (Wildman–Crippen LogP) is 3.10. The fourth-order valence-corrected chi connectivity index (χ4v) is 6.03. The summed E-state index contributed by atoms with van der Waals surface area (Å²) in [5.41, 5.74) is 1.86. The van der Waals surface area contributed by atoms with E-state index in [-0.39, 0.29) is 20.2 Å². The molecule has 2 aromatic heterocycles. The Bertz CT molecular complexity index is 1420. The normalized spacial score (nSPS) is 15.3. The van der Waals surface area contributed by atoms with Crippen LogP contribution < -0.4 is 9.62 Å². The van der Waals surface area contributed by atoms with Gasteiger partial charge in [0.15, 0.2) is 11.2 Å². The molecular weight excluding hydrogens is 486 g/mol. The molecule has 0 spiro atoms. The standard InChI is InChI=1S/C24H25N5O4S2.2H2/c30-22(17-29-11-9-18-3-1-2-4-21(18)29)23(31)28-14-12-27(13-15-28)19-5-7-20(8-6-19)35(32,33)26-24-25-10-16-34-24;;/h1-11,16,22,30H,12-15,17H2,(H,25,26);2*1H/t22-;;/m0../s1. The van der Waals surface area contributed by atoms with Crippen molar-refractivity contribution in [2.45, 2.75) is 17.5 Å². The maximum atomic E-state index is 12.9. The molecule has 0 saturated carbocycles. The van der Waals surface area contributed by atoms with Crippen LogP contribution in [0.3, 0.4) is 0 Å². The molecule has 35 heavy (non-hydrogen) atoms. The predicted molar refractivity (Wildman–Crippen MR) is 140 cm³/mol. The van der Waals surface area contributed by atoms with E-state index in [9.17, 15) is 18.3 Å². The third kappa shape index (κ3) is 5.02. The molecule has 1 saturated heterocycles. The zero-order chi connectivity index (χ0) is 24.4. The van der Waals surface area contributed by atoms with Crippen molar-refractivity contribution < 1.29 is 21.2 Å². The number of hydrogen-bond acceptors (Lipinski definition) is 7. The van der Waals surface area contributed by atoms with E-state index in [0.717, 1.165) is 16.6 Å². The highest BCUT2D eigenvalue weighted by Gasteiger charge is 2.27. The summed E-state index contributed by atoms with van der Waals surface area (Å²) in [6.07, 6.45) is 2.31. The quantitative estimate of drug-likeness (QED) is 0.392. The fourth-order valence-electron chi connectivity index (χ4n) is 4.24. The van der Waals surface area contributed by atoms with Crippen LogP contribution in [-0.4, -0.2) is 66.2 Å². The summed E-state index contributed by atoms with van der Waals surface area (Å²) in [6, 6.07) is 16.5. The Labute approximate surface area is 210 Å². The molecule has 0 unspecified atom stereocenters. The number of anilines is 2. The number of nitrogens with one attached hydrogen (secondary N) is 1. The van der Waals surface area contributed by atoms with Gasteiger partial charge in [0, 0.05) is 58.0 Å². The van der Waals surface area contributed by atoms with Gasteiger partial charge in [-0.2, -0.15) is 0 Å². The van der Waals surface area contributed by atoms with E-state index in [4.69, 9.17) is 0 Å². The van der Waals surface area contributed by atoms with Gasteiger partial charge >= 0.3 is 0 Å². The second-order valence-electron chi connectivity index (χ2n) is 8.29. The van der Waals surface area contributed by atoms with Gasteiger partial charge in [-0.25, -0.2) is 13.4 Å². The summed E-state index contributed by atoms with van der Waals surface area (Å²) >= 11 is 1.21. The van der Waals surface area contributed by atoms with E-state index in [0.29, 0.717) is 31.3 Å². The summed E-state index contributed by atoms with van der Waals surface area (Å²) in [7, 11) is -3.70. The maximum absolute atomic E-state index is 12.9. The van der Waals surface area contributed by atoms with Gasteiger partial charge in [0.2, 0.25) is 0 Å². The number of carbonyl (C=O) groups is 1. The summed E-state index contributed by atoms with van der Waals surface area (Å²) in [4.78, 5) is 20.7. The van der Waals surface area contributed by atoms with Crippen LogP contribution in [0.1, 0.15) is 2.85 Å². The third-order valence-electron chi connectivity index (χ3n) is 6.09. The van der Waals surface area contributed by atoms with Crippen LogP contribution in [-0.2, 0) is 21.4 Å². The van der Waals surface area contributed by atoms with Crippen molar-refractivity contribution in [3.8, 4) is 0 Å². The number of fused-ring (bicyclic) bond motifs is 1. The number of carbonyl (C=O) groups excluding carboxylic acids is 1. The molecule has 9 nitrogen and oxygen atoms in total. The van der Waals surface area contributed by atoms with E-state index in [1.54, 1.807) is 34.5 Å². The maximum Gasteiger partial charge on any atom is 0.263 e. The first-order valence-corrected chi connectivity index (χ1v) is 13.5.